The monoisotopic (exact) mass is 692 g/mol. The summed E-state index contributed by atoms with van der Waals surface area (Å²) in [5.74, 6) is -0.929. The van der Waals surface area contributed by atoms with Crippen molar-refractivity contribution in [2.75, 3.05) is 43.7 Å². The van der Waals surface area contributed by atoms with Crippen molar-refractivity contribution in [1.29, 1.82) is 0 Å². The number of hydrogen-bond acceptors (Lipinski definition) is 6. The number of rotatable bonds is 8. The number of carbonyl (C=O) groups excluding carboxylic acids is 2. The largest absolute Gasteiger partial charge is 0.380 e. The number of piperidine rings is 1. The molecule has 1 saturated carbocycles. The Kier molecular flexibility index (Phi) is 7.63. The van der Waals surface area contributed by atoms with Crippen molar-refractivity contribution < 1.29 is 27.1 Å². The Labute approximate surface area is 284 Å². The number of primary amides is 1. The zero-order valence-electron chi connectivity index (χ0n) is 26.5. The van der Waals surface area contributed by atoms with E-state index in [-0.39, 0.29) is 34.7 Å². The molecule has 2 N–H and O–H groups in total. The fourth-order valence-corrected chi connectivity index (χ4v) is 10.7. The van der Waals surface area contributed by atoms with Gasteiger partial charge in [0, 0.05) is 35.1 Å². The van der Waals surface area contributed by atoms with Gasteiger partial charge in [0.1, 0.15) is 5.82 Å². The first-order chi connectivity index (χ1) is 23.0. The fraction of sp³-hybridized carbons (Fsp3) is 0.444. The normalized spacial score (nSPS) is 26.3. The molecule has 3 aromatic carbocycles. The predicted molar refractivity (Wildman–Crippen MR) is 179 cm³/mol. The number of sulfonamides is 1. The van der Waals surface area contributed by atoms with E-state index in [0.29, 0.717) is 68.4 Å². The van der Waals surface area contributed by atoms with Crippen LogP contribution in [-0.2, 0) is 31.4 Å². The summed E-state index contributed by atoms with van der Waals surface area (Å²) in [5.41, 5.74) is 7.81. The highest BCUT2D eigenvalue weighted by Gasteiger charge is 2.61. The van der Waals surface area contributed by atoms with E-state index in [1.54, 1.807) is 22.5 Å². The van der Waals surface area contributed by atoms with Crippen LogP contribution in [-0.4, -0.2) is 81.5 Å². The molecule has 3 aromatic rings. The van der Waals surface area contributed by atoms with E-state index in [2.05, 4.69) is 4.90 Å². The number of likely N-dealkylation sites (tertiary alicyclic amines) is 2. The Balaban J connectivity index is 1.20. The lowest BCUT2D eigenvalue weighted by Gasteiger charge is -2.55. The summed E-state index contributed by atoms with van der Waals surface area (Å²) in [6.07, 6.45) is 3.45. The van der Waals surface area contributed by atoms with Crippen LogP contribution < -0.4 is 10.0 Å². The van der Waals surface area contributed by atoms with Gasteiger partial charge >= 0.3 is 0 Å². The van der Waals surface area contributed by atoms with Gasteiger partial charge in [-0.05, 0) is 104 Å². The van der Waals surface area contributed by atoms with Gasteiger partial charge in [-0.3, -0.25) is 18.8 Å². The summed E-state index contributed by atoms with van der Waals surface area (Å²) in [7, 11) is -4.12. The molecule has 0 bridgehead atoms. The molecule has 3 saturated heterocycles. The zero-order chi connectivity index (χ0) is 33.4. The molecular formula is C36H38ClFN4O5S. The molecule has 3 atom stereocenters. The number of hydrogen-bond donors (Lipinski definition) is 1. The Bertz CT molecular complexity index is 1890. The highest BCUT2D eigenvalue weighted by atomic mass is 35.5. The van der Waals surface area contributed by atoms with Crippen molar-refractivity contribution in [2.45, 2.75) is 54.5 Å². The number of nitrogens with zero attached hydrogens (tertiary/aromatic N) is 3. The third-order valence-electron chi connectivity index (χ3n) is 11.2. The van der Waals surface area contributed by atoms with E-state index in [9.17, 15) is 22.4 Å². The summed E-state index contributed by atoms with van der Waals surface area (Å²) < 4.78 is 50.0. The molecule has 8 rings (SSSR count). The predicted octanol–water partition coefficient (Wildman–Crippen LogP) is 4.37. The first kappa shape index (κ1) is 31.7. The van der Waals surface area contributed by atoms with Gasteiger partial charge in [0.2, 0.25) is 11.8 Å². The van der Waals surface area contributed by atoms with Gasteiger partial charge in [0.15, 0.2) is 0 Å². The van der Waals surface area contributed by atoms with Crippen LogP contribution in [0, 0.1) is 17.2 Å². The van der Waals surface area contributed by atoms with Gasteiger partial charge in [-0.1, -0.05) is 29.8 Å². The molecule has 3 unspecified atom stereocenters. The van der Waals surface area contributed by atoms with Crippen molar-refractivity contribution in [3.8, 4) is 0 Å². The van der Waals surface area contributed by atoms with Crippen LogP contribution in [0.3, 0.4) is 0 Å². The smallest absolute Gasteiger partial charge is 0.264 e. The van der Waals surface area contributed by atoms with Crippen LogP contribution in [0.1, 0.15) is 47.2 Å². The Morgan fingerprint density at radius 2 is 1.75 bits per heavy atom. The van der Waals surface area contributed by atoms with Crippen LogP contribution in [0.2, 0.25) is 5.02 Å². The van der Waals surface area contributed by atoms with E-state index in [1.165, 1.54) is 12.1 Å². The molecule has 0 radical (unpaired) electrons. The van der Waals surface area contributed by atoms with Crippen LogP contribution in [0.5, 0.6) is 0 Å². The highest BCUT2D eigenvalue weighted by Crippen LogP contribution is 2.60. The second-order valence-electron chi connectivity index (χ2n) is 14.4. The number of anilines is 1. The Morgan fingerprint density at radius 3 is 2.40 bits per heavy atom. The molecule has 2 spiro atoms. The minimum atomic E-state index is -4.12. The summed E-state index contributed by atoms with van der Waals surface area (Å²) in [4.78, 5) is 30.3. The SMILES string of the molecule is NC(=O)c1ccc2c(c1)C1(CCN(CC(=O)N3CC4(COC4)C3)C(Cc3ccccc3Cl)C1)C(C1CC1)N2S(=O)(=O)c1ccc(F)cc1. The molecular weight excluding hydrogens is 655 g/mol. The van der Waals surface area contributed by atoms with Gasteiger partial charge in [0.25, 0.3) is 10.0 Å². The molecule has 12 heteroatoms. The third-order valence-corrected chi connectivity index (χ3v) is 13.4. The molecule has 4 aliphatic heterocycles. The van der Waals surface area contributed by atoms with Crippen LogP contribution in [0.25, 0.3) is 0 Å². The average molecular weight is 693 g/mol. The topological polar surface area (TPSA) is 113 Å². The maximum atomic E-state index is 14.5. The lowest BCUT2D eigenvalue weighted by Crippen LogP contribution is -2.68. The second kappa shape index (κ2) is 11.5. The van der Waals surface area contributed by atoms with Crippen LogP contribution in [0.4, 0.5) is 10.1 Å². The molecule has 48 heavy (non-hydrogen) atoms. The molecule has 252 valence electrons. The molecule has 2 amide bonds. The molecule has 4 heterocycles. The quantitative estimate of drug-likeness (QED) is 0.375. The lowest BCUT2D eigenvalue weighted by molar-refractivity contribution is -0.196. The fourth-order valence-electron chi connectivity index (χ4n) is 8.67. The van der Waals surface area contributed by atoms with E-state index in [0.717, 1.165) is 36.1 Å². The first-order valence-corrected chi connectivity index (χ1v) is 18.4. The van der Waals surface area contributed by atoms with Crippen molar-refractivity contribution in [2.24, 2.45) is 17.1 Å². The molecule has 1 aliphatic carbocycles. The minimum absolute atomic E-state index is 0.0105. The van der Waals surface area contributed by atoms with Crippen molar-refractivity contribution in [1.82, 2.24) is 9.80 Å². The van der Waals surface area contributed by atoms with Gasteiger partial charge in [-0.2, -0.15) is 0 Å². The summed E-state index contributed by atoms with van der Waals surface area (Å²) in [6, 6.07) is 17.1. The van der Waals surface area contributed by atoms with Gasteiger partial charge in [0.05, 0.1) is 41.8 Å². The van der Waals surface area contributed by atoms with Gasteiger partial charge < -0.3 is 15.4 Å². The number of nitrogens with two attached hydrogens (primary N) is 1. The van der Waals surface area contributed by atoms with Crippen LogP contribution in [0.15, 0.2) is 71.6 Å². The number of benzene rings is 3. The summed E-state index contributed by atoms with van der Waals surface area (Å²) in [6.45, 7) is 3.62. The number of halogens is 2. The van der Waals surface area contributed by atoms with Gasteiger partial charge in [-0.15, -0.1) is 0 Å². The third kappa shape index (κ3) is 5.21. The molecule has 5 aliphatic rings. The summed E-state index contributed by atoms with van der Waals surface area (Å²) in [5, 5.41) is 0.639. The van der Waals surface area contributed by atoms with Crippen LogP contribution >= 0.6 is 11.6 Å². The minimum Gasteiger partial charge on any atom is -0.380 e. The van der Waals surface area contributed by atoms with Crippen molar-refractivity contribution >= 4 is 39.1 Å². The standard InChI is InChI=1S/C36H38ClFN4O5S/c37-30-4-2-1-3-24(30)15-27-17-36(13-14-40(27)18-32(43)41-19-35(20-41)21-47-22-35)29-16-25(34(39)44)7-12-31(29)42(33(36)23-5-6-23)48(45,46)28-10-8-26(38)9-11-28/h1-4,7-12,16,23,27,33H,5-6,13-15,17-22H2,(H2,39,44). The average Bonchev–Trinajstić information content (AvgIpc) is 3.81. The molecule has 4 fully saturated rings. The highest BCUT2D eigenvalue weighted by molar-refractivity contribution is 7.92. The summed E-state index contributed by atoms with van der Waals surface area (Å²) >= 11 is 6.70. The maximum Gasteiger partial charge on any atom is 0.264 e. The lowest BCUT2D eigenvalue weighted by atomic mass is 9.65. The van der Waals surface area contributed by atoms with Gasteiger partial charge in [-0.25, -0.2) is 12.8 Å². The zero-order valence-corrected chi connectivity index (χ0v) is 28.1. The van der Waals surface area contributed by atoms with Crippen molar-refractivity contribution in [3.05, 3.63) is 94.3 Å². The molecule has 0 aromatic heterocycles. The number of fused-ring (bicyclic) bond motifs is 2. The van der Waals surface area contributed by atoms with E-state index >= 15 is 0 Å². The van der Waals surface area contributed by atoms with E-state index in [1.807, 2.05) is 29.2 Å². The Morgan fingerprint density at radius 1 is 1.02 bits per heavy atom. The number of ether oxygens (including phenoxy) is 1. The molecule has 9 nitrogen and oxygen atoms in total. The van der Waals surface area contributed by atoms with Crippen molar-refractivity contribution in [3.63, 3.8) is 0 Å². The van der Waals surface area contributed by atoms with E-state index < -0.39 is 33.2 Å². The number of carbonyl (C=O) groups is 2. The second-order valence-corrected chi connectivity index (χ2v) is 16.6. The maximum absolute atomic E-state index is 14.5. The Hall–Kier alpha value is -3.51. The first-order valence-electron chi connectivity index (χ1n) is 16.6. The van der Waals surface area contributed by atoms with E-state index in [4.69, 9.17) is 22.1 Å². The number of amides is 2.